The summed E-state index contributed by atoms with van der Waals surface area (Å²) in [5, 5.41) is 2.96. The second kappa shape index (κ2) is 15.4. The van der Waals surface area contributed by atoms with Crippen molar-refractivity contribution >= 4 is 27.5 Å². The molecule has 0 spiro atoms. The summed E-state index contributed by atoms with van der Waals surface area (Å²) in [5.41, 5.74) is 2.55. The number of carbonyl (C=O) groups is 2. The van der Waals surface area contributed by atoms with Crippen LogP contribution in [0.15, 0.2) is 48.5 Å². The second-order valence-electron chi connectivity index (χ2n) is 9.40. The Morgan fingerprint density at radius 1 is 1.00 bits per heavy atom. The molecule has 0 radical (unpaired) electrons. The fourth-order valence-electron chi connectivity index (χ4n) is 4.30. The molecule has 2 rings (SSSR count). The summed E-state index contributed by atoms with van der Waals surface area (Å²) in [6.45, 7) is 6.97. The van der Waals surface area contributed by atoms with Crippen LogP contribution in [0.1, 0.15) is 64.0 Å². The Hall–Kier alpha value is -3.07. The van der Waals surface area contributed by atoms with Crippen LogP contribution in [0.2, 0.25) is 0 Å². The highest BCUT2D eigenvalue weighted by atomic mass is 32.2. The van der Waals surface area contributed by atoms with Crippen molar-refractivity contribution in [3.05, 3.63) is 59.7 Å². The third-order valence-electron chi connectivity index (χ3n) is 6.49. The summed E-state index contributed by atoms with van der Waals surface area (Å²) in [6, 6.07) is 14.2. The Balaban J connectivity index is 2.21. The minimum Gasteiger partial charge on any atom is -0.497 e. The fraction of sp³-hybridized carbons (Fsp3) is 0.517. The molecule has 2 aromatic rings. The average Bonchev–Trinajstić information content (AvgIpc) is 2.90. The van der Waals surface area contributed by atoms with Crippen LogP contribution in [0.5, 0.6) is 5.75 Å². The number of methoxy groups -OCH3 is 1. The van der Waals surface area contributed by atoms with Gasteiger partial charge >= 0.3 is 0 Å². The number of nitrogens with zero attached hydrogens (tertiary/aromatic N) is 2. The van der Waals surface area contributed by atoms with E-state index in [1.165, 1.54) is 10.6 Å². The van der Waals surface area contributed by atoms with Gasteiger partial charge in [-0.25, -0.2) is 8.42 Å². The number of anilines is 1. The first-order valence-electron chi connectivity index (χ1n) is 13.4. The molecule has 38 heavy (non-hydrogen) atoms. The number of hydrogen-bond donors (Lipinski definition) is 1. The standard InChI is InChI=1S/C29H43N3O5S/c1-6-9-19-30-29(34)27(8-3)31(22-24-12-10-13-26(21-24)37-4)28(33)14-11-20-32(38(5,35)36)25-17-15-23(7-2)16-18-25/h10,12-13,15-18,21,27H,6-9,11,14,19-20,22H2,1-5H3,(H,30,34). The molecule has 0 aliphatic heterocycles. The highest BCUT2D eigenvalue weighted by Gasteiger charge is 2.28. The molecule has 0 bridgehead atoms. The van der Waals surface area contributed by atoms with E-state index in [0.29, 0.717) is 30.8 Å². The van der Waals surface area contributed by atoms with Crippen LogP contribution < -0.4 is 14.4 Å². The normalized spacial score (nSPS) is 12.0. The highest BCUT2D eigenvalue weighted by molar-refractivity contribution is 7.92. The summed E-state index contributed by atoms with van der Waals surface area (Å²) in [4.78, 5) is 28.2. The quantitative estimate of drug-likeness (QED) is 0.313. The summed E-state index contributed by atoms with van der Waals surface area (Å²) >= 11 is 0. The molecule has 0 saturated heterocycles. The van der Waals surface area contributed by atoms with Crippen molar-refractivity contribution in [3.63, 3.8) is 0 Å². The largest absolute Gasteiger partial charge is 0.497 e. The number of rotatable bonds is 16. The maximum Gasteiger partial charge on any atom is 0.242 e. The van der Waals surface area contributed by atoms with Gasteiger partial charge in [-0.3, -0.25) is 13.9 Å². The van der Waals surface area contributed by atoms with Gasteiger partial charge in [0.1, 0.15) is 11.8 Å². The zero-order chi connectivity index (χ0) is 28.1. The van der Waals surface area contributed by atoms with Gasteiger partial charge in [0.15, 0.2) is 0 Å². The fourth-order valence-corrected chi connectivity index (χ4v) is 5.26. The van der Waals surface area contributed by atoms with Crippen molar-refractivity contribution in [3.8, 4) is 5.75 Å². The number of aryl methyl sites for hydroxylation is 1. The van der Waals surface area contributed by atoms with Gasteiger partial charge in [0.2, 0.25) is 21.8 Å². The van der Waals surface area contributed by atoms with Gasteiger partial charge in [0, 0.05) is 26.1 Å². The molecule has 0 aliphatic rings. The number of benzene rings is 2. The molecule has 0 heterocycles. The number of carbonyl (C=O) groups excluding carboxylic acids is 2. The predicted molar refractivity (Wildman–Crippen MR) is 153 cm³/mol. The molecule has 2 aromatic carbocycles. The van der Waals surface area contributed by atoms with Gasteiger partial charge in [-0.15, -0.1) is 0 Å². The third-order valence-corrected chi connectivity index (χ3v) is 7.68. The Bertz CT molecular complexity index is 1140. The zero-order valence-electron chi connectivity index (χ0n) is 23.4. The van der Waals surface area contributed by atoms with E-state index in [-0.39, 0.29) is 31.3 Å². The Morgan fingerprint density at radius 3 is 2.29 bits per heavy atom. The molecule has 0 aliphatic carbocycles. The molecular weight excluding hydrogens is 502 g/mol. The van der Waals surface area contributed by atoms with Crippen LogP contribution in [0.4, 0.5) is 5.69 Å². The van der Waals surface area contributed by atoms with Crippen LogP contribution in [0.25, 0.3) is 0 Å². The van der Waals surface area contributed by atoms with Crippen molar-refractivity contribution in [2.45, 2.75) is 71.9 Å². The Labute approximate surface area is 228 Å². The van der Waals surface area contributed by atoms with Crippen molar-refractivity contribution in [1.82, 2.24) is 10.2 Å². The molecule has 0 aromatic heterocycles. The monoisotopic (exact) mass is 545 g/mol. The second-order valence-corrected chi connectivity index (χ2v) is 11.3. The van der Waals surface area contributed by atoms with Crippen LogP contribution in [0.3, 0.4) is 0 Å². The molecule has 1 N–H and O–H groups in total. The molecule has 1 atom stereocenters. The molecule has 0 saturated carbocycles. The molecule has 8 nitrogen and oxygen atoms in total. The number of sulfonamides is 1. The topological polar surface area (TPSA) is 96.0 Å². The summed E-state index contributed by atoms with van der Waals surface area (Å²) < 4.78 is 31.7. The lowest BCUT2D eigenvalue weighted by Gasteiger charge is -2.31. The lowest BCUT2D eigenvalue weighted by Crippen LogP contribution is -2.49. The number of amides is 2. The van der Waals surface area contributed by atoms with Gasteiger partial charge in [0.05, 0.1) is 19.1 Å². The average molecular weight is 546 g/mol. The van der Waals surface area contributed by atoms with Crippen molar-refractivity contribution in [2.24, 2.45) is 0 Å². The first kappa shape index (κ1) is 31.1. The number of unbranched alkanes of at least 4 members (excludes halogenated alkanes) is 1. The molecule has 210 valence electrons. The number of ether oxygens (including phenoxy) is 1. The summed E-state index contributed by atoms with van der Waals surface area (Å²) in [6.07, 6.45) is 4.76. The number of nitrogens with one attached hydrogen (secondary N) is 1. The highest BCUT2D eigenvalue weighted by Crippen LogP contribution is 2.21. The lowest BCUT2D eigenvalue weighted by molar-refractivity contribution is -0.141. The van der Waals surface area contributed by atoms with Gasteiger partial charge in [-0.05, 0) is 61.1 Å². The molecule has 9 heteroatoms. The van der Waals surface area contributed by atoms with Crippen molar-refractivity contribution in [1.29, 1.82) is 0 Å². The maximum atomic E-state index is 13.5. The number of hydrogen-bond acceptors (Lipinski definition) is 5. The van der Waals surface area contributed by atoms with Crippen molar-refractivity contribution < 1.29 is 22.7 Å². The SMILES string of the molecule is CCCCNC(=O)C(CC)N(Cc1cccc(OC)c1)C(=O)CCCN(c1ccc(CC)cc1)S(C)(=O)=O. The van der Waals surface area contributed by atoms with Gasteiger partial charge in [-0.2, -0.15) is 0 Å². The van der Waals surface area contributed by atoms with E-state index in [1.807, 2.05) is 50.2 Å². The van der Waals surface area contributed by atoms with Crippen LogP contribution in [-0.4, -0.2) is 57.6 Å². The smallest absolute Gasteiger partial charge is 0.242 e. The van der Waals surface area contributed by atoms with E-state index < -0.39 is 16.1 Å². The zero-order valence-corrected chi connectivity index (χ0v) is 24.2. The Morgan fingerprint density at radius 2 is 1.71 bits per heavy atom. The first-order chi connectivity index (χ1) is 18.1. The van der Waals surface area contributed by atoms with Crippen LogP contribution >= 0.6 is 0 Å². The third kappa shape index (κ3) is 9.35. The van der Waals surface area contributed by atoms with Crippen molar-refractivity contribution in [2.75, 3.05) is 30.8 Å². The molecule has 0 fully saturated rings. The van der Waals surface area contributed by atoms with Gasteiger partial charge in [-0.1, -0.05) is 51.5 Å². The van der Waals surface area contributed by atoms with E-state index in [4.69, 9.17) is 4.74 Å². The Kier molecular flexibility index (Phi) is 12.6. The van der Waals surface area contributed by atoms with E-state index in [2.05, 4.69) is 12.2 Å². The van der Waals surface area contributed by atoms with Crippen LogP contribution in [-0.2, 0) is 32.6 Å². The molecular formula is C29H43N3O5S. The first-order valence-corrected chi connectivity index (χ1v) is 15.3. The lowest BCUT2D eigenvalue weighted by atomic mass is 10.1. The van der Waals surface area contributed by atoms with E-state index in [1.54, 1.807) is 24.1 Å². The van der Waals surface area contributed by atoms with Gasteiger partial charge < -0.3 is 15.0 Å². The van der Waals surface area contributed by atoms with Gasteiger partial charge in [0.25, 0.3) is 0 Å². The summed E-state index contributed by atoms with van der Waals surface area (Å²) in [7, 11) is -1.94. The molecule has 1 unspecified atom stereocenters. The maximum absolute atomic E-state index is 13.5. The molecule has 2 amide bonds. The van der Waals surface area contributed by atoms with E-state index in [0.717, 1.165) is 30.4 Å². The summed E-state index contributed by atoms with van der Waals surface area (Å²) in [5.74, 6) is 0.305. The minimum absolute atomic E-state index is 0.113. The van der Waals surface area contributed by atoms with E-state index in [9.17, 15) is 18.0 Å². The van der Waals surface area contributed by atoms with E-state index >= 15 is 0 Å². The van der Waals surface area contributed by atoms with Crippen LogP contribution in [0, 0.1) is 0 Å². The minimum atomic E-state index is -3.53. The predicted octanol–water partition coefficient (Wildman–Crippen LogP) is 4.53.